The van der Waals surface area contributed by atoms with Crippen molar-refractivity contribution in [3.63, 3.8) is 0 Å². The van der Waals surface area contributed by atoms with Crippen molar-refractivity contribution in [1.82, 2.24) is 5.32 Å². The van der Waals surface area contributed by atoms with E-state index >= 15 is 0 Å². The van der Waals surface area contributed by atoms with Crippen LogP contribution in [-0.4, -0.2) is 11.0 Å². The second kappa shape index (κ2) is 5.43. The van der Waals surface area contributed by atoms with Crippen LogP contribution in [0.3, 0.4) is 0 Å². The van der Waals surface area contributed by atoms with E-state index in [-0.39, 0.29) is 10.6 Å². The van der Waals surface area contributed by atoms with Crippen LogP contribution in [0.1, 0.15) is 23.5 Å². The molecule has 1 fully saturated rings. The van der Waals surface area contributed by atoms with Gasteiger partial charge in [0.25, 0.3) is 5.69 Å². The Morgan fingerprint density at radius 2 is 1.80 bits per heavy atom. The summed E-state index contributed by atoms with van der Waals surface area (Å²) in [4.78, 5) is 10.2. The molecule has 20 heavy (non-hydrogen) atoms. The monoisotopic (exact) mass is 268 g/mol. The molecule has 2 unspecified atom stereocenters. The number of rotatable bonds is 5. The summed E-state index contributed by atoms with van der Waals surface area (Å²) >= 11 is 0. The third kappa shape index (κ3) is 2.86. The van der Waals surface area contributed by atoms with Gasteiger partial charge in [-0.15, -0.1) is 0 Å². The molecule has 1 aliphatic rings. The van der Waals surface area contributed by atoms with Gasteiger partial charge in [-0.25, -0.2) is 0 Å². The molecule has 102 valence electrons. The minimum atomic E-state index is -0.371. The lowest BCUT2D eigenvalue weighted by Gasteiger charge is -2.04. The van der Waals surface area contributed by atoms with Crippen LogP contribution < -0.4 is 5.32 Å². The fraction of sp³-hybridized carbons (Fsp3) is 0.250. The predicted octanol–water partition coefficient (Wildman–Crippen LogP) is 3.24. The number of non-ortho nitro benzene ring substituents is 1. The molecular weight excluding hydrogens is 252 g/mol. The van der Waals surface area contributed by atoms with E-state index in [1.54, 1.807) is 12.1 Å². The van der Waals surface area contributed by atoms with Crippen molar-refractivity contribution in [2.45, 2.75) is 24.9 Å². The van der Waals surface area contributed by atoms with Crippen LogP contribution in [-0.2, 0) is 6.54 Å². The molecule has 1 aliphatic carbocycles. The summed E-state index contributed by atoms with van der Waals surface area (Å²) in [5.74, 6) is 0.606. The standard InChI is InChI=1S/C16H16N2O2/c19-18(20)14-8-6-12(7-9-14)11-17-16-10-15(16)13-4-2-1-3-5-13/h1-9,15-17H,10-11H2. The summed E-state index contributed by atoms with van der Waals surface area (Å²) < 4.78 is 0. The third-order valence-electron chi connectivity index (χ3n) is 3.73. The van der Waals surface area contributed by atoms with Crippen molar-refractivity contribution in [2.75, 3.05) is 0 Å². The van der Waals surface area contributed by atoms with E-state index in [2.05, 4.69) is 29.6 Å². The van der Waals surface area contributed by atoms with Gasteiger partial charge in [-0.2, -0.15) is 0 Å². The Morgan fingerprint density at radius 3 is 2.45 bits per heavy atom. The van der Waals surface area contributed by atoms with E-state index in [0.717, 1.165) is 18.5 Å². The van der Waals surface area contributed by atoms with Crippen molar-refractivity contribution in [2.24, 2.45) is 0 Å². The fourth-order valence-corrected chi connectivity index (χ4v) is 2.47. The van der Waals surface area contributed by atoms with Gasteiger partial charge in [0.15, 0.2) is 0 Å². The molecule has 0 aromatic heterocycles. The van der Waals surface area contributed by atoms with Gasteiger partial charge in [0.05, 0.1) is 4.92 Å². The molecule has 4 nitrogen and oxygen atoms in total. The zero-order valence-corrected chi connectivity index (χ0v) is 11.0. The van der Waals surface area contributed by atoms with Crippen LogP contribution in [0.25, 0.3) is 0 Å². The second-order valence-corrected chi connectivity index (χ2v) is 5.16. The topological polar surface area (TPSA) is 55.2 Å². The number of benzene rings is 2. The predicted molar refractivity (Wildman–Crippen MR) is 77.5 cm³/mol. The molecule has 0 heterocycles. The van der Waals surface area contributed by atoms with Crippen molar-refractivity contribution in [3.8, 4) is 0 Å². The first-order valence-electron chi connectivity index (χ1n) is 6.76. The molecule has 0 radical (unpaired) electrons. The number of nitrogens with one attached hydrogen (secondary N) is 1. The normalized spacial score (nSPS) is 20.6. The van der Waals surface area contributed by atoms with Gasteiger partial charge < -0.3 is 5.32 Å². The van der Waals surface area contributed by atoms with Crippen LogP contribution in [0.2, 0.25) is 0 Å². The minimum Gasteiger partial charge on any atom is -0.309 e. The highest BCUT2D eigenvalue weighted by Gasteiger charge is 2.37. The van der Waals surface area contributed by atoms with Crippen LogP contribution in [0.5, 0.6) is 0 Å². The molecule has 0 amide bonds. The molecular formula is C16H16N2O2. The Morgan fingerprint density at radius 1 is 1.10 bits per heavy atom. The zero-order chi connectivity index (χ0) is 13.9. The molecule has 3 rings (SSSR count). The van der Waals surface area contributed by atoms with Crippen molar-refractivity contribution in [3.05, 3.63) is 75.8 Å². The number of nitro groups is 1. The van der Waals surface area contributed by atoms with Crippen LogP contribution >= 0.6 is 0 Å². The molecule has 1 N–H and O–H groups in total. The molecule has 2 aromatic rings. The largest absolute Gasteiger partial charge is 0.309 e. The zero-order valence-electron chi connectivity index (χ0n) is 11.0. The van der Waals surface area contributed by atoms with Gasteiger partial charge in [-0.1, -0.05) is 42.5 Å². The van der Waals surface area contributed by atoms with Crippen LogP contribution in [0.4, 0.5) is 5.69 Å². The Bertz CT molecular complexity index is 596. The molecule has 0 bridgehead atoms. The molecule has 0 aliphatic heterocycles. The number of nitro benzene ring substituents is 1. The van der Waals surface area contributed by atoms with Crippen molar-refractivity contribution in [1.29, 1.82) is 0 Å². The average Bonchev–Trinajstić information content (AvgIpc) is 3.26. The molecule has 4 heteroatoms. The lowest BCUT2D eigenvalue weighted by molar-refractivity contribution is -0.384. The summed E-state index contributed by atoms with van der Waals surface area (Å²) in [6.07, 6.45) is 1.16. The first-order valence-corrected chi connectivity index (χ1v) is 6.76. The quantitative estimate of drug-likeness (QED) is 0.669. The van der Waals surface area contributed by atoms with E-state index in [1.165, 1.54) is 5.56 Å². The number of nitrogens with zero attached hydrogens (tertiary/aromatic N) is 1. The summed E-state index contributed by atoms with van der Waals surface area (Å²) in [6.45, 7) is 0.756. The first kappa shape index (κ1) is 12.8. The summed E-state index contributed by atoms with van der Waals surface area (Å²) in [5, 5.41) is 14.1. The summed E-state index contributed by atoms with van der Waals surface area (Å²) in [6, 6.07) is 17.8. The molecule has 1 saturated carbocycles. The Kier molecular flexibility index (Phi) is 3.48. The SMILES string of the molecule is O=[N+]([O-])c1ccc(CNC2CC2c2ccccc2)cc1. The van der Waals surface area contributed by atoms with Crippen LogP contribution in [0, 0.1) is 10.1 Å². The lowest BCUT2D eigenvalue weighted by Crippen LogP contribution is -2.17. The molecule has 2 atom stereocenters. The van der Waals surface area contributed by atoms with Gasteiger partial charge in [0, 0.05) is 30.6 Å². The van der Waals surface area contributed by atoms with E-state index in [1.807, 2.05) is 18.2 Å². The van der Waals surface area contributed by atoms with E-state index in [9.17, 15) is 10.1 Å². The van der Waals surface area contributed by atoms with Crippen LogP contribution in [0.15, 0.2) is 54.6 Å². The average molecular weight is 268 g/mol. The van der Waals surface area contributed by atoms with E-state index < -0.39 is 0 Å². The summed E-state index contributed by atoms with van der Waals surface area (Å²) in [5.41, 5.74) is 2.60. The van der Waals surface area contributed by atoms with Crippen molar-refractivity contribution >= 4 is 5.69 Å². The van der Waals surface area contributed by atoms with Crippen molar-refractivity contribution < 1.29 is 4.92 Å². The highest BCUT2D eigenvalue weighted by atomic mass is 16.6. The van der Waals surface area contributed by atoms with Gasteiger partial charge in [0.2, 0.25) is 0 Å². The Balaban J connectivity index is 1.53. The van der Waals surface area contributed by atoms with Gasteiger partial charge in [0.1, 0.15) is 0 Å². The number of hydrogen-bond donors (Lipinski definition) is 1. The lowest BCUT2D eigenvalue weighted by atomic mass is 10.1. The molecule has 0 saturated heterocycles. The maximum Gasteiger partial charge on any atom is 0.269 e. The van der Waals surface area contributed by atoms with E-state index in [0.29, 0.717) is 12.0 Å². The van der Waals surface area contributed by atoms with Gasteiger partial charge >= 0.3 is 0 Å². The Hall–Kier alpha value is -2.20. The summed E-state index contributed by atoms with van der Waals surface area (Å²) in [7, 11) is 0. The second-order valence-electron chi connectivity index (χ2n) is 5.16. The molecule has 0 spiro atoms. The minimum absolute atomic E-state index is 0.141. The van der Waals surface area contributed by atoms with Gasteiger partial charge in [-0.05, 0) is 17.5 Å². The van der Waals surface area contributed by atoms with E-state index in [4.69, 9.17) is 0 Å². The maximum absolute atomic E-state index is 10.6. The first-order chi connectivity index (χ1) is 9.74. The third-order valence-corrected chi connectivity index (χ3v) is 3.73. The smallest absolute Gasteiger partial charge is 0.269 e. The Labute approximate surface area is 117 Å². The number of hydrogen-bond acceptors (Lipinski definition) is 3. The fourth-order valence-electron chi connectivity index (χ4n) is 2.47. The molecule has 2 aromatic carbocycles. The maximum atomic E-state index is 10.6. The highest BCUT2D eigenvalue weighted by Crippen LogP contribution is 2.40. The highest BCUT2D eigenvalue weighted by molar-refractivity contribution is 5.33. The van der Waals surface area contributed by atoms with Gasteiger partial charge in [-0.3, -0.25) is 10.1 Å².